The molecule has 0 radical (unpaired) electrons. The Bertz CT molecular complexity index is 1180. The number of benzene rings is 2. The first-order valence-electron chi connectivity index (χ1n) is 8.27. The lowest BCUT2D eigenvalue weighted by Gasteiger charge is -2.24. The molecule has 2 heterocycles. The molecule has 1 aliphatic rings. The highest BCUT2D eigenvalue weighted by molar-refractivity contribution is 5.88. The fourth-order valence-electron chi connectivity index (χ4n) is 3.27. The van der Waals surface area contributed by atoms with Crippen molar-refractivity contribution in [1.82, 2.24) is 9.13 Å². The molecule has 0 atom stereocenters. The zero-order valence-corrected chi connectivity index (χ0v) is 14.8. The monoisotopic (exact) mass is 350 g/mol. The van der Waals surface area contributed by atoms with Crippen molar-refractivity contribution in [2.45, 2.75) is 6.92 Å². The van der Waals surface area contributed by atoms with E-state index < -0.39 is 11.2 Å². The highest BCUT2D eigenvalue weighted by atomic mass is 16.5. The molecule has 4 rings (SSSR count). The smallest absolute Gasteiger partial charge is 0.331 e. The lowest BCUT2D eigenvalue weighted by atomic mass is 10.1. The summed E-state index contributed by atoms with van der Waals surface area (Å²) in [5.74, 6) is 1.47. The van der Waals surface area contributed by atoms with Gasteiger partial charge in [0.15, 0.2) is 0 Å². The second-order valence-corrected chi connectivity index (χ2v) is 6.30. The van der Waals surface area contributed by atoms with Gasteiger partial charge in [-0.2, -0.15) is 0 Å². The second-order valence-electron chi connectivity index (χ2n) is 6.30. The molecule has 0 saturated heterocycles. The molecule has 2 aromatic carbocycles. The molecule has 6 nitrogen and oxygen atoms in total. The standard InChI is InChI=1S/C20H18N2O4/c1-12-16(26-15-10-6-8-13-7-4-5-9-14(13)15)11-25-18-17(12)21(2)20(24)22(3)19(18)23/h4-10H,11H2,1-3H3. The summed E-state index contributed by atoms with van der Waals surface area (Å²) in [6, 6.07) is 13.8. The number of hydrogen-bond donors (Lipinski definition) is 0. The largest absolute Gasteiger partial charge is 0.478 e. The average molecular weight is 350 g/mol. The van der Waals surface area contributed by atoms with E-state index in [1.165, 1.54) is 11.6 Å². The van der Waals surface area contributed by atoms with Crippen LogP contribution >= 0.6 is 0 Å². The van der Waals surface area contributed by atoms with E-state index >= 15 is 0 Å². The van der Waals surface area contributed by atoms with Crippen LogP contribution < -0.4 is 20.7 Å². The van der Waals surface area contributed by atoms with Crippen molar-refractivity contribution in [2.24, 2.45) is 14.1 Å². The van der Waals surface area contributed by atoms with Crippen LogP contribution in [0.3, 0.4) is 0 Å². The van der Waals surface area contributed by atoms with E-state index in [1.54, 1.807) is 7.05 Å². The van der Waals surface area contributed by atoms with Crippen molar-refractivity contribution in [2.75, 3.05) is 6.61 Å². The van der Waals surface area contributed by atoms with Crippen molar-refractivity contribution < 1.29 is 9.47 Å². The van der Waals surface area contributed by atoms with Gasteiger partial charge in [0, 0.05) is 25.1 Å². The molecule has 0 aliphatic carbocycles. The Morgan fingerprint density at radius 1 is 1.00 bits per heavy atom. The number of nitrogens with zero attached hydrogens (tertiary/aromatic N) is 2. The summed E-state index contributed by atoms with van der Waals surface area (Å²) in [5.41, 5.74) is 0.339. The Hall–Kier alpha value is -3.28. The fraction of sp³-hybridized carbons (Fsp3) is 0.200. The van der Waals surface area contributed by atoms with E-state index in [0.29, 0.717) is 17.2 Å². The van der Waals surface area contributed by atoms with E-state index in [2.05, 4.69) is 0 Å². The molecule has 0 saturated carbocycles. The first kappa shape index (κ1) is 16.2. The summed E-state index contributed by atoms with van der Waals surface area (Å²) in [6.07, 6.45) is 0. The molecule has 3 aromatic rings. The maximum Gasteiger partial charge on any atom is 0.331 e. The summed E-state index contributed by atoms with van der Waals surface area (Å²) >= 11 is 0. The third-order valence-electron chi connectivity index (χ3n) is 4.73. The van der Waals surface area contributed by atoms with Crippen LogP contribution in [0.4, 0.5) is 0 Å². The van der Waals surface area contributed by atoms with Crippen molar-refractivity contribution in [3.63, 3.8) is 0 Å². The van der Waals surface area contributed by atoms with Gasteiger partial charge in [-0.1, -0.05) is 36.4 Å². The molecule has 0 amide bonds. The Morgan fingerprint density at radius 2 is 1.73 bits per heavy atom. The number of fused-ring (bicyclic) bond motifs is 2. The first-order chi connectivity index (χ1) is 12.5. The minimum absolute atomic E-state index is 0.134. The number of ether oxygens (including phenoxy) is 2. The SMILES string of the molecule is CC1=C(Oc2cccc3ccccc23)COc2c1n(C)c(=O)n(C)c2=O. The van der Waals surface area contributed by atoms with Crippen molar-refractivity contribution >= 4 is 16.3 Å². The number of aromatic nitrogens is 2. The number of hydrogen-bond acceptors (Lipinski definition) is 4. The van der Waals surface area contributed by atoms with Crippen LogP contribution in [0.15, 0.2) is 57.8 Å². The lowest BCUT2D eigenvalue weighted by molar-refractivity contribution is 0.266. The molecule has 0 unspecified atom stereocenters. The van der Waals surface area contributed by atoms with Crippen molar-refractivity contribution in [3.8, 4) is 11.5 Å². The van der Waals surface area contributed by atoms with E-state index in [1.807, 2.05) is 49.4 Å². The Kier molecular flexibility index (Phi) is 3.68. The molecule has 26 heavy (non-hydrogen) atoms. The summed E-state index contributed by atoms with van der Waals surface area (Å²) in [7, 11) is 3.06. The van der Waals surface area contributed by atoms with Gasteiger partial charge in [0.1, 0.15) is 18.1 Å². The summed E-state index contributed by atoms with van der Waals surface area (Å²) in [5, 5.41) is 2.06. The van der Waals surface area contributed by atoms with Crippen molar-refractivity contribution in [3.05, 3.63) is 74.8 Å². The quantitative estimate of drug-likeness (QED) is 0.712. The molecule has 1 aromatic heterocycles. The molecular weight excluding hydrogens is 332 g/mol. The maximum absolute atomic E-state index is 12.3. The minimum atomic E-state index is -0.438. The predicted molar refractivity (Wildman–Crippen MR) is 99.6 cm³/mol. The topological polar surface area (TPSA) is 62.5 Å². The maximum atomic E-state index is 12.3. The highest BCUT2D eigenvalue weighted by Crippen LogP contribution is 2.33. The molecular formula is C20H18N2O4. The molecule has 1 aliphatic heterocycles. The highest BCUT2D eigenvalue weighted by Gasteiger charge is 2.26. The minimum Gasteiger partial charge on any atom is -0.478 e. The predicted octanol–water partition coefficient (Wildman–Crippen LogP) is 2.44. The second kappa shape index (κ2) is 5.91. The molecule has 0 N–H and O–H groups in total. The van der Waals surface area contributed by atoms with Crippen LogP contribution in [-0.2, 0) is 14.1 Å². The van der Waals surface area contributed by atoms with Crippen LogP contribution in [0.2, 0.25) is 0 Å². The normalized spacial score (nSPS) is 13.5. The van der Waals surface area contributed by atoms with Gasteiger partial charge in [-0.3, -0.25) is 13.9 Å². The van der Waals surface area contributed by atoms with Gasteiger partial charge in [0.2, 0.25) is 5.75 Å². The van der Waals surface area contributed by atoms with Gasteiger partial charge in [0.05, 0.1) is 5.69 Å². The van der Waals surface area contributed by atoms with Gasteiger partial charge >= 0.3 is 5.69 Å². The summed E-state index contributed by atoms with van der Waals surface area (Å²) in [4.78, 5) is 24.6. The third kappa shape index (κ3) is 2.34. The first-order valence-corrected chi connectivity index (χ1v) is 8.27. The Labute approximate surface area is 149 Å². The molecule has 132 valence electrons. The molecule has 6 heteroatoms. The van der Waals surface area contributed by atoms with Crippen molar-refractivity contribution in [1.29, 1.82) is 0 Å². The summed E-state index contributed by atoms with van der Waals surface area (Å²) in [6.45, 7) is 1.97. The van der Waals surface area contributed by atoms with Gasteiger partial charge in [-0.05, 0) is 18.4 Å². The zero-order chi connectivity index (χ0) is 18.4. The average Bonchev–Trinajstić information content (AvgIpc) is 2.66. The van der Waals surface area contributed by atoms with Crippen LogP contribution in [-0.4, -0.2) is 15.7 Å². The van der Waals surface area contributed by atoms with Crippen LogP contribution in [0.25, 0.3) is 16.3 Å². The molecule has 0 fully saturated rings. The fourth-order valence-corrected chi connectivity index (χ4v) is 3.27. The Morgan fingerprint density at radius 3 is 2.54 bits per heavy atom. The number of allylic oxidation sites excluding steroid dienone is 1. The van der Waals surface area contributed by atoms with Crippen LogP contribution in [0.5, 0.6) is 11.5 Å². The van der Waals surface area contributed by atoms with Crippen LogP contribution in [0, 0.1) is 0 Å². The zero-order valence-electron chi connectivity index (χ0n) is 14.8. The van der Waals surface area contributed by atoms with E-state index in [9.17, 15) is 9.59 Å². The van der Waals surface area contributed by atoms with Gasteiger partial charge in [-0.15, -0.1) is 0 Å². The molecule has 0 spiro atoms. The number of rotatable bonds is 2. The van der Waals surface area contributed by atoms with Crippen LogP contribution in [0.1, 0.15) is 12.6 Å². The van der Waals surface area contributed by atoms with Gasteiger partial charge in [-0.25, -0.2) is 4.79 Å². The van der Waals surface area contributed by atoms with E-state index in [4.69, 9.17) is 9.47 Å². The van der Waals surface area contributed by atoms with Gasteiger partial charge in [0.25, 0.3) is 5.56 Å². The van der Waals surface area contributed by atoms with E-state index in [0.717, 1.165) is 20.9 Å². The lowest BCUT2D eigenvalue weighted by Crippen LogP contribution is -2.40. The summed E-state index contributed by atoms with van der Waals surface area (Å²) < 4.78 is 14.3. The van der Waals surface area contributed by atoms with E-state index in [-0.39, 0.29) is 12.4 Å². The third-order valence-corrected chi connectivity index (χ3v) is 4.73. The molecule has 0 bridgehead atoms. The van der Waals surface area contributed by atoms with Gasteiger partial charge < -0.3 is 9.47 Å². The Balaban J connectivity index is 1.87.